The number of rotatable bonds is 7. The molecule has 1 aromatic heterocycles. The number of nitrogen functional groups attached to an aromatic ring is 1. The number of nitrogens with one attached hydrogen (secondary N) is 1. The third-order valence-corrected chi connectivity index (χ3v) is 4.45. The van der Waals surface area contributed by atoms with Crippen LogP contribution in [0.15, 0.2) is 48.7 Å². The highest BCUT2D eigenvalue weighted by Crippen LogP contribution is 2.05. The highest BCUT2D eigenvalue weighted by molar-refractivity contribution is 7.89. The van der Waals surface area contributed by atoms with Gasteiger partial charge in [-0.15, -0.1) is 0 Å². The molecule has 6 heteroatoms. The second kappa shape index (κ2) is 7.19. The molecule has 0 radical (unpaired) electrons. The van der Waals surface area contributed by atoms with Crippen molar-refractivity contribution in [2.45, 2.75) is 12.8 Å². The SMILES string of the molecule is Nc1ccc(CCNS(=O)(=O)CCc2ccccn2)cc1. The highest BCUT2D eigenvalue weighted by Gasteiger charge is 2.10. The summed E-state index contributed by atoms with van der Waals surface area (Å²) >= 11 is 0. The Morgan fingerprint density at radius 1 is 1.05 bits per heavy atom. The number of aryl methyl sites for hydroxylation is 1. The van der Waals surface area contributed by atoms with Crippen molar-refractivity contribution in [1.82, 2.24) is 9.71 Å². The molecule has 1 aromatic carbocycles. The zero-order chi connectivity index (χ0) is 15.1. The van der Waals surface area contributed by atoms with Gasteiger partial charge in [0.05, 0.1) is 5.75 Å². The fourth-order valence-electron chi connectivity index (χ4n) is 1.89. The molecule has 0 aliphatic carbocycles. The van der Waals surface area contributed by atoms with Crippen LogP contribution in [0.3, 0.4) is 0 Å². The molecule has 0 bridgehead atoms. The van der Waals surface area contributed by atoms with Gasteiger partial charge in [-0.05, 0) is 36.2 Å². The van der Waals surface area contributed by atoms with Gasteiger partial charge >= 0.3 is 0 Å². The van der Waals surface area contributed by atoms with Gasteiger partial charge in [-0.2, -0.15) is 0 Å². The van der Waals surface area contributed by atoms with Gasteiger partial charge in [-0.25, -0.2) is 13.1 Å². The molecule has 5 nitrogen and oxygen atoms in total. The average Bonchev–Trinajstić information content (AvgIpc) is 2.48. The van der Waals surface area contributed by atoms with Gasteiger partial charge in [-0.3, -0.25) is 4.98 Å². The van der Waals surface area contributed by atoms with Gasteiger partial charge in [-0.1, -0.05) is 18.2 Å². The Bertz CT molecular complexity index is 655. The van der Waals surface area contributed by atoms with Gasteiger partial charge in [0.25, 0.3) is 0 Å². The molecule has 112 valence electrons. The van der Waals surface area contributed by atoms with Crippen molar-refractivity contribution in [2.75, 3.05) is 18.0 Å². The fraction of sp³-hybridized carbons (Fsp3) is 0.267. The van der Waals surface area contributed by atoms with E-state index in [4.69, 9.17) is 5.73 Å². The van der Waals surface area contributed by atoms with Crippen LogP contribution in [-0.4, -0.2) is 25.7 Å². The standard InChI is InChI=1S/C15H19N3O2S/c16-14-6-4-13(5-7-14)8-11-18-21(19,20)12-9-15-3-1-2-10-17-15/h1-7,10,18H,8-9,11-12,16H2. The minimum atomic E-state index is -3.27. The first-order valence-electron chi connectivity index (χ1n) is 6.77. The summed E-state index contributed by atoms with van der Waals surface area (Å²) in [5.41, 5.74) is 8.14. The number of benzene rings is 1. The zero-order valence-corrected chi connectivity index (χ0v) is 12.5. The molecule has 3 N–H and O–H groups in total. The summed E-state index contributed by atoms with van der Waals surface area (Å²) in [4.78, 5) is 4.11. The maximum absolute atomic E-state index is 11.9. The normalized spacial score (nSPS) is 11.4. The van der Waals surface area contributed by atoms with Crippen LogP contribution in [0, 0.1) is 0 Å². The summed E-state index contributed by atoms with van der Waals surface area (Å²) in [6.45, 7) is 0.383. The van der Waals surface area contributed by atoms with Crippen LogP contribution in [0.5, 0.6) is 0 Å². The monoisotopic (exact) mass is 305 g/mol. The number of sulfonamides is 1. The minimum absolute atomic E-state index is 0.0474. The largest absolute Gasteiger partial charge is 0.399 e. The lowest BCUT2D eigenvalue weighted by atomic mass is 10.1. The first kappa shape index (κ1) is 15.5. The van der Waals surface area contributed by atoms with Crippen LogP contribution in [0.2, 0.25) is 0 Å². The molecule has 0 aliphatic rings. The van der Waals surface area contributed by atoms with E-state index in [1.165, 1.54) is 0 Å². The third kappa shape index (κ3) is 5.53. The van der Waals surface area contributed by atoms with Crippen LogP contribution in [-0.2, 0) is 22.9 Å². The Morgan fingerprint density at radius 2 is 1.81 bits per heavy atom. The summed E-state index contributed by atoms with van der Waals surface area (Å²) in [7, 11) is -3.27. The summed E-state index contributed by atoms with van der Waals surface area (Å²) < 4.78 is 26.4. The van der Waals surface area contributed by atoms with Gasteiger partial charge < -0.3 is 5.73 Å². The van der Waals surface area contributed by atoms with Crippen LogP contribution in [0.4, 0.5) is 5.69 Å². The Labute approximate surface area is 125 Å². The number of anilines is 1. The van der Waals surface area contributed by atoms with E-state index in [-0.39, 0.29) is 5.75 Å². The number of pyridine rings is 1. The van der Waals surface area contributed by atoms with E-state index in [2.05, 4.69) is 9.71 Å². The summed E-state index contributed by atoms with van der Waals surface area (Å²) in [5.74, 6) is 0.0474. The quantitative estimate of drug-likeness (QED) is 0.757. The summed E-state index contributed by atoms with van der Waals surface area (Å²) in [5, 5.41) is 0. The maximum Gasteiger partial charge on any atom is 0.211 e. The summed E-state index contributed by atoms with van der Waals surface area (Å²) in [6, 6.07) is 12.9. The molecular weight excluding hydrogens is 286 g/mol. The highest BCUT2D eigenvalue weighted by atomic mass is 32.2. The minimum Gasteiger partial charge on any atom is -0.399 e. The molecule has 2 rings (SSSR count). The van der Waals surface area contributed by atoms with Crippen molar-refractivity contribution in [1.29, 1.82) is 0 Å². The Morgan fingerprint density at radius 3 is 2.48 bits per heavy atom. The Hall–Kier alpha value is -1.92. The molecule has 2 aromatic rings. The lowest BCUT2D eigenvalue weighted by Crippen LogP contribution is -2.29. The van der Waals surface area contributed by atoms with Gasteiger partial charge in [0.15, 0.2) is 0 Å². The Kier molecular flexibility index (Phi) is 5.30. The molecule has 1 heterocycles. The van der Waals surface area contributed by atoms with E-state index in [9.17, 15) is 8.42 Å². The maximum atomic E-state index is 11.9. The first-order valence-corrected chi connectivity index (χ1v) is 8.42. The molecule has 21 heavy (non-hydrogen) atoms. The van der Waals surface area contributed by atoms with E-state index in [0.29, 0.717) is 25.1 Å². The molecule has 0 fully saturated rings. The number of hydrogen-bond acceptors (Lipinski definition) is 4. The molecule has 0 saturated heterocycles. The van der Waals surface area contributed by atoms with E-state index in [1.54, 1.807) is 6.20 Å². The van der Waals surface area contributed by atoms with Crippen LogP contribution in [0.25, 0.3) is 0 Å². The predicted octanol–water partition coefficient (Wildman–Crippen LogP) is 1.37. The van der Waals surface area contributed by atoms with Crippen LogP contribution < -0.4 is 10.5 Å². The van der Waals surface area contributed by atoms with Gasteiger partial charge in [0.1, 0.15) is 0 Å². The lowest BCUT2D eigenvalue weighted by Gasteiger charge is -2.07. The molecular formula is C15H19N3O2S. The topological polar surface area (TPSA) is 85.1 Å². The molecule has 0 unspecified atom stereocenters. The fourth-order valence-corrected chi connectivity index (χ4v) is 2.93. The summed E-state index contributed by atoms with van der Waals surface area (Å²) in [6.07, 6.45) is 2.72. The first-order chi connectivity index (χ1) is 10.1. The lowest BCUT2D eigenvalue weighted by molar-refractivity contribution is 0.580. The number of aromatic nitrogens is 1. The average molecular weight is 305 g/mol. The van der Waals surface area contributed by atoms with Crippen molar-refractivity contribution in [3.63, 3.8) is 0 Å². The molecule has 0 amide bonds. The second-order valence-corrected chi connectivity index (χ2v) is 6.70. The Balaban J connectivity index is 1.77. The second-order valence-electron chi connectivity index (χ2n) is 4.78. The van der Waals surface area contributed by atoms with Gasteiger partial charge in [0.2, 0.25) is 10.0 Å². The van der Waals surface area contributed by atoms with Crippen molar-refractivity contribution >= 4 is 15.7 Å². The molecule has 0 saturated carbocycles. The van der Waals surface area contributed by atoms with Crippen molar-refractivity contribution < 1.29 is 8.42 Å². The number of nitrogens with zero attached hydrogens (tertiary/aromatic N) is 1. The smallest absolute Gasteiger partial charge is 0.211 e. The van der Waals surface area contributed by atoms with E-state index in [0.717, 1.165) is 11.3 Å². The zero-order valence-electron chi connectivity index (χ0n) is 11.7. The molecule has 0 spiro atoms. The number of hydrogen-bond donors (Lipinski definition) is 2. The van der Waals surface area contributed by atoms with E-state index < -0.39 is 10.0 Å². The van der Waals surface area contributed by atoms with Crippen molar-refractivity contribution in [3.8, 4) is 0 Å². The van der Waals surface area contributed by atoms with Crippen LogP contribution in [0.1, 0.15) is 11.3 Å². The van der Waals surface area contributed by atoms with E-state index >= 15 is 0 Å². The molecule has 0 atom stereocenters. The van der Waals surface area contributed by atoms with Crippen molar-refractivity contribution in [2.24, 2.45) is 0 Å². The van der Waals surface area contributed by atoms with E-state index in [1.807, 2.05) is 42.5 Å². The van der Waals surface area contributed by atoms with Crippen LogP contribution >= 0.6 is 0 Å². The van der Waals surface area contributed by atoms with Gasteiger partial charge in [0, 0.05) is 30.5 Å². The van der Waals surface area contributed by atoms with Crippen molar-refractivity contribution in [3.05, 3.63) is 59.9 Å². The molecule has 0 aliphatic heterocycles. The number of nitrogens with two attached hydrogens (primary N) is 1. The third-order valence-electron chi connectivity index (χ3n) is 3.07. The predicted molar refractivity (Wildman–Crippen MR) is 84.3 cm³/mol.